The average Bonchev–Trinajstić information content (AvgIpc) is 3.13. The molecular weight excluding hydrogens is 645 g/mol. The molecule has 1 aromatic carbocycles. The fourth-order valence-corrected chi connectivity index (χ4v) is 5.52. The van der Waals surface area contributed by atoms with Crippen molar-refractivity contribution in [3.63, 3.8) is 0 Å². The van der Waals surface area contributed by atoms with Crippen LogP contribution < -0.4 is 4.74 Å². The number of rotatable bonds is 14. The lowest BCUT2D eigenvalue weighted by atomic mass is 9.74. The van der Waals surface area contributed by atoms with Crippen LogP contribution in [0, 0.1) is 21.3 Å². The van der Waals surface area contributed by atoms with E-state index in [0.29, 0.717) is 20.5 Å². The van der Waals surface area contributed by atoms with Crippen molar-refractivity contribution in [1.29, 1.82) is 0 Å². The van der Waals surface area contributed by atoms with Crippen molar-refractivity contribution in [2.45, 2.75) is 26.5 Å². The summed E-state index contributed by atoms with van der Waals surface area (Å²) in [5.74, 6) is -3.29. The second-order valence-electron chi connectivity index (χ2n) is 9.02. The van der Waals surface area contributed by atoms with E-state index in [0.717, 1.165) is 6.26 Å². The first-order chi connectivity index (χ1) is 18.4. The molecule has 3 unspecified atom stereocenters. The summed E-state index contributed by atoms with van der Waals surface area (Å²) in [6.45, 7) is 10.2. The van der Waals surface area contributed by atoms with Gasteiger partial charge in [-0.1, -0.05) is 44.7 Å². The first-order valence-corrected chi connectivity index (χ1v) is 14.8. The molecule has 212 valence electrons. The zero-order valence-electron chi connectivity index (χ0n) is 21.8. The molecule has 0 N–H and O–H groups in total. The van der Waals surface area contributed by atoms with Gasteiger partial charge in [-0.15, -0.1) is 6.58 Å². The standard InChI is InChI=1S/C26H30INO10S/c1-6-11-34-26(31)23-18(14-35-19-10-8-9-17(21(19)27)13-37-39(5,32)33)15(3)22-20(24(29)28(22)23)16(4)25(30)38-36-12-7-2/h6-10,15-16,20,22H,1-2,11-14H2,3-5H3/t15-,16?,20?,22?/m0/s1. The molecule has 4 atom stereocenters. The third kappa shape index (κ3) is 6.88. The van der Waals surface area contributed by atoms with Gasteiger partial charge in [-0.3, -0.25) is 13.9 Å². The molecule has 1 amide bonds. The van der Waals surface area contributed by atoms with Crippen LogP contribution in [0.5, 0.6) is 5.75 Å². The topological polar surface area (TPSA) is 135 Å². The quantitative estimate of drug-likeness (QED) is 0.0424. The number of carbonyl (C=O) groups excluding carboxylic acids is 3. The van der Waals surface area contributed by atoms with Crippen LogP contribution in [-0.4, -0.2) is 63.3 Å². The zero-order valence-corrected chi connectivity index (χ0v) is 24.7. The highest BCUT2D eigenvalue weighted by molar-refractivity contribution is 14.1. The lowest BCUT2D eigenvalue weighted by Gasteiger charge is -2.47. The second-order valence-corrected chi connectivity index (χ2v) is 11.7. The number of esters is 1. The van der Waals surface area contributed by atoms with Crippen molar-refractivity contribution in [2.75, 3.05) is 26.1 Å². The van der Waals surface area contributed by atoms with Crippen molar-refractivity contribution in [3.8, 4) is 5.75 Å². The number of hydrogen-bond donors (Lipinski definition) is 0. The highest BCUT2D eigenvalue weighted by Crippen LogP contribution is 2.49. The van der Waals surface area contributed by atoms with Gasteiger partial charge < -0.3 is 14.4 Å². The van der Waals surface area contributed by atoms with E-state index in [1.165, 1.54) is 17.1 Å². The number of benzene rings is 1. The minimum Gasteiger partial charge on any atom is -0.488 e. The number of hydrogen-bond acceptors (Lipinski definition) is 10. The van der Waals surface area contributed by atoms with E-state index in [9.17, 15) is 22.8 Å². The first-order valence-electron chi connectivity index (χ1n) is 12.0. The van der Waals surface area contributed by atoms with Crippen LogP contribution in [0.3, 0.4) is 0 Å². The van der Waals surface area contributed by atoms with Gasteiger partial charge in [0.1, 0.15) is 31.3 Å². The molecule has 0 bridgehead atoms. The van der Waals surface area contributed by atoms with Gasteiger partial charge in [-0.2, -0.15) is 13.3 Å². The molecule has 3 rings (SSSR count). The van der Waals surface area contributed by atoms with Gasteiger partial charge in [0.2, 0.25) is 5.91 Å². The van der Waals surface area contributed by atoms with Crippen LogP contribution in [0.1, 0.15) is 19.4 Å². The number of amides is 1. The minimum absolute atomic E-state index is 0.00570. The molecule has 2 aliphatic heterocycles. The lowest BCUT2D eigenvalue weighted by Crippen LogP contribution is -2.63. The summed E-state index contributed by atoms with van der Waals surface area (Å²) in [5.41, 5.74) is 1.20. The van der Waals surface area contributed by atoms with Crippen molar-refractivity contribution in [2.24, 2.45) is 17.8 Å². The summed E-state index contributed by atoms with van der Waals surface area (Å²) in [7, 11) is -3.64. The third-order valence-corrected chi connectivity index (χ3v) is 8.18. The first kappa shape index (κ1) is 30.8. The predicted molar refractivity (Wildman–Crippen MR) is 147 cm³/mol. The Labute approximate surface area is 240 Å². The van der Waals surface area contributed by atoms with Crippen LogP contribution in [-0.2, 0) is 49.8 Å². The zero-order chi connectivity index (χ0) is 28.9. The fourth-order valence-electron chi connectivity index (χ4n) is 4.51. The molecule has 13 heteroatoms. The third-order valence-electron chi connectivity index (χ3n) is 6.41. The number of fused-ring (bicyclic) bond motifs is 1. The summed E-state index contributed by atoms with van der Waals surface area (Å²) in [6.07, 6.45) is 3.80. The molecule has 0 radical (unpaired) electrons. The summed E-state index contributed by atoms with van der Waals surface area (Å²) in [6, 6.07) is 4.62. The van der Waals surface area contributed by atoms with E-state index in [2.05, 4.69) is 13.2 Å². The van der Waals surface area contributed by atoms with Crippen LogP contribution in [0.2, 0.25) is 0 Å². The predicted octanol–water partition coefficient (Wildman–Crippen LogP) is 2.90. The van der Waals surface area contributed by atoms with Crippen molar-refractivity contribution < 1.29 is 46.2 Å². The Kier molecular flexibility index (Phi) is 10.3. The maximum absolute atomic E-state index is 13.2. The van der Waals surface area contributed by atoms with Crippen molar-refractivity contribution in [1.82, 2.24) is 4.90 Å². The van der Waals surface area contributed by atoms with E-state index in [-0.39, 0.29) is 38.0 Å². The molecule has 11 nitrogen and oxygen atoms in total. The highest BCUT2D eigenvalue weighted by atomic mass is 127. The van der Waals surface area contributed by atoms with Crippen LogP contribution in [0.4, 0.5) is 0 Å². The molecule has 2 aliphatic rings. The molecule has 0 spiro atoms. The maximum atomic E-state index is 13.2. The Morgan fingerprint density at radius 2 is 1.87 bits per heavy atom. The Balaban J connectivity index is 1.84. The van der Waals surface area contributed by atoms with Crippen molar-refractivity contribution >= 4 is 50.6 Å². The van der Waals surface area contributed by atoms with Gasteiger partial charge in [-0.05, 0) is 34.2 Å². The van der Waals surface area contributed by atoms with Gasteiger partial charge in [0.15, 0.2) is 0 Å². The summed E-state index contributed by atoms with van der Waals surface area (Å²) < 4.78 is 39.7. The van der Waals surface area contributed by atoms with Crippen LogP contribution in [0.25, 0.3) is 0 Å². The largest absolute Gasteiger partial charge is 0.488 e. The van der Waals surface area contributed by atoms with E-state index < -0.39 is 45.8 Å². The minimum atomic E-state index is -3.64. The van der Waals surface area contributed by atoms with Crippen molar-refractivity contribution in [3.05, 3.63) is 63.9 Å². The molecule has 39 heavy (non-hydrogen) atoms. The molecule has 2 heterocycles. The lowest BCUT2D eigenvalue weighted by molar-refractivity contribution is -0.271. The number of ether oxygens (including phenoxy) is 2. The monoisotopic (exact) mass is 675 g/mol. The smallest absolute Gasteiger partial charge is 0.355 e. The Morgan fingerprint density at radius 3 is 2.51 bits per heavy atom. The molecule has 0 aliphatic carbocycles. The van der Waals surface area contributed by atoms with Gasteiger partial charge in [0.05, 0.1) is 34.3 Å². The molecule has 0 aromatic heterocycles. The molecule has 1 aromatic rings. The van der Waals surface area contributed by atoms with Crippen LogP contribution >= 0.6 is 22.6 Å². The van der Waals surface area contributed by atoms with E-state index >= 15 is 0 Å². The van der Waals surface area contributed by atoms with E-state index in [4.69, 9.17) is 23.4 Å². The highest BCUT2D eigenvalue weighted by Gasteiger charge is 2.61. The van der Waals surface area contributed by atoms with Crippen LogP contribution in [0.15, 0.2) is 54.8 Å². The SMILES string of the molecule is C=CCOOC(=O)C(C)C1C(=O)N2C(C(=O)OCC=C)=C(COc3cccc(COS(C)(=O)=O)c3I)[C@H](C)C12. The summed E-state index contributed by atoms with van der Waals surface area (Å²) >= 11 is 2.03. The van der Waals surface area contributed by atoms with Gasteiger partial charge in [-0.25, -0.2) is 9.59 Å². The Morgan fingerprint density at radius 1 is 1.18 bits per heavy atom. The molecule has 1 fully saturated rings. The summed E-state index contributed by atoms with van der Waals surface area (Å²) in [5, 5.41) is 0. The average molecular weight is 675 g/mol. The normalized spacial score (nSPS) is 21.1. The molecule has 1 saturated heterocycles. The van der Waals surface area contributed by atoms with Gasteiger partial charge >= 0.3 is 11.9 Å². The van der Waals surface area contributed by atoms with E-state index in [1.807, 2.05) is 29.5 Å². The molecule has 0 saturated carbocycles. The number of β-lactam (4-membered cyclic amide) rings is 1. The Bertz CT molecular complexity index is 1290. The van der Waals surface area contributed by atoms with Gasteiger partial charge in [0.25, 0.3) is 10.1 Å². The second kappa shape index (κ2) is 13.1. The number of carbonyl (C=O) groups is 3. The fraction of sp³-hybridized carbons (Fsp3) is 0.423. The van der Waals surface area contributed by atoms with E-state index in [1.54, 1.807) is 25.1 Å². The number of halogens is 1. The molecular formula is C26H30INO10S. The maximum Gasteiger partial charge on any atom is 0.355 e. The Hall–Kier alpha value is -2.75. The summed E-state index contributed by atoms with van der Waals surface area (Å²) in [4.78, 5) is 49.6. The van der Waals surface area contributed by atoms with Gasteiger partial charge in [0, 0.05) is 11.5 Å². The number of nitrogens with zero attached hydrogens (tertiary/aromatic N) is 1.